The maximum Gasteiger partial charge on any atom is 0.181 e. The number of thiazole rings is 1. The third-order valence-corrected chi connectivity index (χ3v) is 3.58. The minimum Gasteiger partial charge on any atom is -0.443 e. The van der Waals surface area contributed by atoms with E-state index in [0.717, 1.165) is 33.8 Å². The lowest BCUT2D eigenvalue weighted by Gasteiger charge is -1.95. The molecule has 86 valence electrons. The molecule has 2 aromatic heterocycles. The Bertz CT molecular complexity index is 647. The van der Waals surface area contributed by atoms with E-state index < -0.39 is 0 Å². The molecule has 17 heavy (non-hydrogen) atoms. The molecule has 2 heterocycles. The summed E-state index contributed by atoms with van der Waals surface area (Å²) in [6, 6.07) is 5.90. The van der Waals surface area contributed by atoms with Gasteiger partial charge in [-0.3, -0.25) is 0 Å². The van der Waals surface area contributed by atoms with Crippen molar-refractivity contribution in [3.05, 3.63) is 35.0 Å². The van der Waals surface area contributed by atoms with Crippen LogP contribution < -0.4 is 0 Å². The first-order valence-corrected chi connectivity index (χ1v) is 6.62. The monoisotopic (exact) mass is 264 g/mol. The minimum atomic E-state index is 0.605. The molecule has 1 aromatic carbocycles. The SMILES string of the molecule is ClCCc1nc(-c2ccc3ncoc3c2)cs1. The number of aromatic nitrogens is 2. The Morgan fingerprint density at radius 2 is 2.29 bits per heavy atom. The molecular formula is C12H9ClN2OS. The molecule has 0 aliphatic rings. The van der Waals surface area contributed by atoms with E-state index >= 15 is 0 Å². The molecule has 3 aromatic rings. The van der Waals surface area contributed by atoms with E-state index in [0.29, 0.717) is 5.88 Å². The molecule has 0 saturated carbocycles. The van der Waals surface area contributed by atoms with E-state index in [1.54, 1.807) is 11.3 Å². The van der Waals surface area contributed by atoms with Gasteiger partial charge in [-0.15, -0.1) is 22.9 Å². The predicted molar refractivity (Wildman–Crippen MR) is 69.5 cm³/mol. The highest BCUT2D eigenvalue weighted by atomic mass is 35.5. The van der Waals surface area contributed by atoms with Gasteiger partial charge in [0.05, 0.1) is 10.7 Å². The average molecular weight is 265 g/mol. The molecule has 0 bridgehead atoms. The molecule has 0 aliphatic heterocycles. The van der Waals surface area contributed by atoms with Gasteiger partial charge in [-0.2, -0.15) is 0 Å². The van der Waals surface area contributed by atoms with Crippen LogP contribution in [0.5, 0.6) is 0 Å². The van der Waals surface area contributed by atoms with Crippen molar-refractivity contribution >= 4 is 34.0 Å². The normalized spacial score (nSPS) is 11.1. The Morgan fingerprint density at radius 1 is 1.35 bits per heavy atom. The number of hydrogen-bond donors (Lipinski definition) is 0. The second-order valence-corrected chi connectivity index (χ2v) is 4.92. The first kappa shape index (κ1) is 10.7. The number of hydrogen-bond acceptors (Lipinski definition) is 4. The molecule has 5 heteroatoms. The van der Waals surface area contributed by atoms with Gasteiger partial charge in [-0.1, -0.05) is 6.07 Å². The summed E-state index contributed by atoms with van der Waals surface area (Å²) in [6.07, 6.45) is 2.27. The van der Waals surface area contributed by atoms with Crippen molar-refractivity contribution in [1.29, 1.82) is 0 Å². The van der Waals surface area contributed by atoms with E-state index in [4.69, 9.17) is 16.0 Å². The van der Waals surface area contributed by atoms with Crippen LogP contribution in [0, 0.1) is 0 Å². The third kappa shape index (κ3) is 2.06. The minimum absolute atomic E-state index is 0.605. The van der Waals surface area contributed by atoms with E-state index in [1.807, 2.05) is 23.6 Å². The number of nitrogens with zero attached hydrogens (tertiary/aromatic N) is 2. The number of fused-ring (bicyclic) bond motifs is 1. The maximum atomic E-state index is 5.70. The molecular weight excluding hydrogens is 256 g/mol. The smallest absolute Gasteiger partial charge is 0.181 e. The largest absolute Gasteiger partial charge is 0.443 e. The third-order valence-electron chi connectivity index (χ3n) is 2.49. The Balaban J connectivity index is 2.00. The maximum absolute atomic E-state index is 5.70. The van der Waals surface area contributed by atoms with Crippen molar-refractivity contribution in [2.45, 2.75) is 6.42 Å². The van der Waals surface area contributed by atoms with Gasteiger partial charge in [0.25, 0.3) is 0 Å². The van der Waals surface area contributed by atoms with Crippen LogP contribution in [0.1, 0.15) is 5.01 Å². The molecule has 0 N–H and O–H groups in total. The van der Waals surface area contributed by atoms with Crippen LogP contribution in [0.4, 0.5) is 0 Å². The highest BCUT2D eigenvalue weighted by molar-refractivity contribution is 7.10. The molecule has 0 saturated heterocycles. The van der Waals surface area contributed by atoms with Crippen LogP contribution in [0.2, 0.25) is 0 Å². The standard InChI is InChI=1S/C12H9ClN2OS/c13-4-3-12-15-10(6-17-12)8-1-2-9-11(5-8)16-7-14-9/h1-2,5-7H,3-4H2. The second-order valence-electron chi connectivity index (χ2n) is 3.60. The second kappa shape index (κ2) is 4.47. The Hall–Kier alpha value is -1.39. The molecule has 3 nitrogen and oxygen atoms in total. The number of alkyl halides is 1. The molecule has 3 rings (SSSR count). The lowest BCUT2D eigenvalue weighted by atomic mass is 10.1. The van der Waals surface area contributed by atoms with Crippen LogP contribution in [0.15, 0.2) is 34.4 Å². The molecule has 0 atom stereocenters. The quantitative estimate of drug-likeness (QED) is 0.677. The molecule has 0 amide bonds. The van der Waals surface area contributed by atoms with Gasteiger partial charge in [-0.05, 0) is 12.1 Å². The fourth-order valence-electron chi connectivity index (χ4n) is 1.65. The van der Waals surface area contributed by atoms with E-state index in [9.17, 15) is 0 Å². The van der Waals surface area contributed by atoms with E-state index in [1.165, 1.54) is 6.39 Å². The Kier molecular flexibility index (Phi) is 2.82. The zero-order valence-electron chi connectivity index (χ0n) is 8.89. The lowest BCUT2D eigenvalue weighted by Crippen LogP contribution is -1.84. The summed E-state index contributed by atoms with van der Waals surface area (Å²) in [7, 11) is 0. The predicted octanol–water partition coefficient (Wildman–Crippen LogP) is 3.73. The lowest BCUT2D eigenvalue weighted by molar-refractivity contribution is 0.602. The number of rotatable bonds is 3. The topological polar surface area (TPSA) is 38.9 Å². The van der Waals surface area contributed by atoms with Gasteiger partial charge in [-0.25, -0.2) is 9.97 Å². The number of halogens is 1. The van der Waals surface area contributed by atoms with Gasteiger partial charge in [0, 0.05) is 23.2 Å². The number of aryl methyl sites for hydroxylation is 1. The molecule has 0 unspecified atom stereocenters. The van der Waals surface area contributed by atoms with Crippen molar-refractivity contribution < 1.29 is 4.42 Å². The summed E-state index contributed by atoms with van der Waals surface area (Å²) in [4.78, 5) is 8.62. The van der Waals surface area contributed by atoms with Gasteiger partial charge >= 0.3 is 0 Å². The van der Waals surface area contributed by atoms with Crippen LogP contribution in [0.25, 0.3) is 22.4 Å². The first-order valence-electron chi connectivity index (χ1n) is 5.21. The van der Waals surface area contributed by atoms with Crippen LogP contribution >= 0.6 is 22.9 Å². The van der Waals surface area contributed by atoms with Crippen molar-refractivity contribution in [2.24, 2.45) is 0 Å². The van der Waals surface area contributed by atoms with Crippen molar-refractivity contribution in [1.82, 2.24) is 9.97 Å². The number of benzene rings is 1. The zero-order valence-corrected chi connectivity index (χ0v) is 10.5. The van der Waals surface area contributed by atoms with Crippen LogP contribution in [-0.2, 0) is 6.42 Å². The van der Waals surface area contributed by atoms with E-state index in [2.05, 4.69) is 9.97 Å². The Labute approximate surface area is 107 Å². The fraction of sp³-hybridized carbons (Fsp3) is 0.167. The first-order chi connectivity index (χ1) is 8.36. The summed E-state index contributed by atoms with van der Waals surface area (Å²) >= 11 is 7.33. The molecule has 0 aliphatic carbocycles. The number of oxazole rings is 1. The van der Waals surface area contributed by atoms with Crippen LogP contribution in [0.3, 0.4) is 0 Å². The van der Waals surface area contributed by atoms with Gasteiger partial charge in [0.15, 0.2) is 12.0 Å². The van der Waals surface area contributed by atoms with Gasteiger partial charge in [0.2, 0.25) is 0 Å². The summed E-state index contributed by atoms with van der Waals surface area (Å²) < 4.78 is 5.28. The van der Waals surface area contributed by atoms with Crippen molar-refractivity contribution in [3.8, 4) is 11.3 Å². The molecule has 0 spiro atoms. The van der Waals surface area contributed by atoms with Crippen LogP contribution in [-0.4, -0.2) is 15.8 Å². The average Bonchev–Trinajstić information content (AvgIpc) is 2.96. The van der Waals surface area contributed by atoms with Crippen molar-refractivity contribution in [3.63, 3.8) is 0 Å². The van der Waals surface area contributed by atoms with Gasteiger partial charge in [0.1, 0.15) is 5.52 Å². The molecule has 0 radical (unpaired) electrons. The summed E-state index contributed by atoms with van der Waals surface area (Å²) in [5.74, 6) is 0.605. The fourth-order valence-corrected chi connectivity index (χ4v) is 2.75. The van der Waals surface area contributed by atoms with Gasteiger partial charge < -0.3 is 4.42 Å². The molecule has 0 fully saturated rings. The van der Waals surface area contributed by atoms with E-state index in [-0.39, 0.29) is 0 Å². The zero-order chi connectivity index (χ0) is 11.7. The summed E-state index contributed by atoms with van der Waals surface area (Å²) in [5, 5.41) is 3.10. The van der Waals surface area contributed by atoms with Crippen molar-refractivity contribution in [2.75, 3.05) is 5.88 Å². The summed E-state index contributed by atoms with van der Waals surface area (Å²) in [6.45, 7) is 0. The highest BCUT2D eigenvalue weighted by Gasteiger charge is 2.06. The summed E-state index contributed by atoms with van der Waals surface area (Å²) in [5.41, 5.74) is 3.67. The Morgan fingerprint density at radius 3 is 3.18 bits per heavy atom. The highest BCUT2D eigenvalue weighted by Crippen LogP contribution is 2.25.